The number of hydrogen-bond acceptors (Lipinski definition) is 3. The fourth-order valence-corrected chi connectivity index (χ4v) is 2.16. The van der Waals surface area contributed by atoms with Crippen LogP contribution in [0.4, 0.5) is 0 Å². The number of nitrogens with one attached hydrogen (secondary N) is 1. The molecule has 0 aliphatic carbocycles. The van der Waals surface area contributed by atoms with Crippen molar-refractivity contribution < 1.29 is 0 Å². The van der Waals surface area contributed by atoms with E-state index in [2.05, 4.69) is 22.1 Å². The number of pyridine rings is 1. The van der Waals surface area contributed by atoms with Gasteiger partial charge in [-0.05, 0) is 26.0 Å². The van der Waals surface area contributed by atoms with Gasteiger partial charge in [-0.2, -0.15) is 0 Å². The third kappa shape index (κ3) is 2.54. The molecule has 0 aromatic carbocycles. The second-order valence-corrected chi connectivity index (χ2v) is 4.67. The molecule has 1 atom stereocenters. The van der Waals surface area contributed by atoms with Crippen LogP contribution >= 0.6 is 11.6 Å². The maximum Gasteiger partial charge on any atom is 0.0618 e. The average Bonchev–Trinajstić information content (AvgIpc) is 2.33. The topological polar surface area (TPSA) is 28.2 Å². The minimum absolute atomic E-state index is 0.373. The number of aryl methyl sites for hydroxylation is 1. The summed E-state index contributed by atoms with van der Waals surface area (Å²) in [5.41, 5.74) is 2.03. The Balaban J connectivity index is 2.12. The van der Waals surface area contributed by atoms with Crippen LogP contribution < -0.4 is 5.32 Å². The molecule has 1 aromatic rings. The van der Waals surface area contributed by atoms with Crippen molar-refractivity contribution in [2.45, 2.75) is 19.9 Å². The minimum Gasteiger partial charge on any atom is -0.314 e. The zero-order valence-electron chi connectivity index (χ0n) is 9.83. The summed E-state index contributed by atoms with van der Waals surface area (Å²) >= 11 is 5.99. The van der Waals surface area contributed by atoms with Crippen molar-refractivity contribution in [1.29, 1.82) is 0 Å². The summed E-state index contributed by atoms with van der Waals surface area (Å²) in [5, 5.41) is 4.10. The van der Waals surface area contributed by atoms with Gasteiger partial charge in [0.1, 0.15) is 0 Å². The zero-order valence-corrected chi connectivity index (χ0v) is 10.6. The van der Waals surface area contributed by atoms with Gasteiger partial charge < -0.3 is 5.32 Å². The highest BCUT2D eigenvalue weighted by atomic mass is 35.5. The summed E-state index contributed by atoms with van der Waals surface area (Å²) in [6, 6.07) is 4.35. The van der Waals surface area contributed by atoms with E-state index in [9.17, 15) is 0 Å². The van der Waals surface area contributed by atoms with E-state index in [1.807, 2.05) is 19.1 Å². The summed E-state index contributed by atoms with van der Waals surface area (Å²) in [6.45, 7) is 8.47. The molecule has 1 saturated heterocycles. The van der Waals surface area contributed by atoms with Crippen LogP contribution in [0.2, 0.25) is 5.02 Å². The molecule has 1 aromatic heterocycles. The molecular weight excluding hydrogens is 222 g/mol. The normalized spacial score (nSPS) is 19.7. The fourth-order valence-electron chi connectivity index (χ4n) is 2.05. The number of hydrogen-bond donors (Lipinski definition) is 1. The Morgan fingerprint density at radius 3 is 2.69 bits per heavy atom. The van der Waals surface area contributed by atoms with Gasteiger partial charge in [0.05, 0.1) is 16.4 Å². The third-order valence-corrected chi connectivity index (χ3v) is 3.57. The fraction of sp³-hybridized carbons (Fsp3) is 0.583. The van der Waals surface area contributed by atoms with Crippen LogP contribution in [0.15, 0.2) is 12.1 Å². The molecule has 0 saturated carbocycles. The van der Waals surface area contributed by atoms with Crippen molar-refractivity contribution >= 4 is 11.6 Å². The van der Waals surface area contributed by atoms with Crippen molar-refractivity contribution in [2.75, 3.05) is 26.2 Å². The van der Waals surface area contributed by atoms with Crippen molar-refractivity contribution in [2.24, 2.45) is 0 Å². The van der Waals surface area contributed by atoms with Gasteiger partial charge >= 0.3 is 0 Å². The standard InChI is InChI=1S/C12H18ClN3/c1-9-11(13)3-4-12(15-9)10(2)16-7-5-14-6-8-16/h3-4,10,14H,5-8H2,1-2H3. The van der Waals surface area contributed by atoms with E-state index < -0.39 is 0 Å². The minimum atomic E-state index is 0.373. The van der Waals surface area contributed by atoms with Crippen LogP contribution in [0, 0.1) is 6.92 Å². The molecule has 1 N–H and O–H groups in total. The maximum atomic E-state index is 5.99. The molecule has 0 spiro atoms. The lowest BCUT2D eigenvalue weighted by molar-refractivity contribution is 0.182. The number of halogens is 1. The van der Waals surface area contributed by atoms with Gasteiger partial charge in [0.2, 0.25) is 0 Å². The van der Waals surface area contributed by atoms with Gasteiger partial charge in [0.15, 0.2) is 0 Å². The summed E-state index contributed by atoms with van der Waals surface area (Å²) < 4.78 is 0. The maximum absolute atomic E-state index is 5.99. The molecule has 1 aliphatic rings. The van der Waals surface area contributed by atoms with E-state index in [1.54, 1.807) is 0 Å². The highest BCUT2D eigenvalue weighted by Gasteiger charge is 2.19. The first-order chi connectivity index (χ1) is 7.68. The Labute approximate surface area is 102 Å². The van der Waals surface area contributed by atoms with Gasteiger partial charge in [0.25, 0.3) is 0 Å². The number of piperazine rings is 1. The van der Waals surface area contributed by atoms with Crippen molar-refractivity contribution in [1.82, 2.24) is 15.2 Å². The summed E-state index contributed by atoms with van der Waals surface area (Å²) in [4.78, 5) is 7.00. The molecule has 1 fully saturated rings. The average molecular weight is 240 g/mol. The highest BCUT2D eigenvalue weighted by molar-refractivity contribution is 6.31. The van der Waals surface area contributed by atoms with Crippen LogP contribution in [0.5, 0.6) is 0 Å². The smallest absolute Gasteiger partial charge is 0.0618 e. The Hall–Kier alpha value is -0.640. The molecule has 1 unspecified atom stereocenters. The molecule has 0 amide bonds. The zero-order chi connectivity index (χ0) is 11.5. The van der Waals surface area contributed by atoms with E-state index in [1.165, 1.54) is 0 Å². The van der Waals surface area contributed by atoms with Crippen LogP contribution in [0.1, 0.15) is 24.4 Å². The number of aromatic nitrogens is 1. The first kappa shape index (κ1) is 11.8. The van der Waals surface area contributed by atoms with Crippen molar-refractivity contribution in [3.8, 4) is 0 Å². The van der Waals surface area contributed by atoms with Crippen LogP contribution in [0.25, 0.3) is 0 Å². The monoisotopic (exact) mass is 239 g/mol. The molecule has 16 heavy (non-hydrogen) atoms. The quantitative estimate of drug-likeness (QED) is 0.856. The lowest BCUT2D eigenvalue weighted by Crippen LogP contribution is -2.44. The van der Waals surface area contributed by atoms with Gasteiger partial charge in [-0.3, -0.25) is 9.88 Å². The van der Waals surface area contributed by atoms with E-state index >= 15 is 0 Å². The molecule has 4 heteroatoms. The summed E-state index contributed by atoms with van der Waals surface area (Å²) in [6.07, 6.45) is 0. The molecule has 2 heterocycles. The lowest BCUT2D eigenvalue weighted by atomic mass is 10.1. The first-order valence-electron chi connectivity index (χ1n) is 5.76. The van der Waals surface area contributed by atoms with E-state index in [0.717, 1.165) is 42.6 Å². The number of nitrogens with zero attached hydrogens (tertiary/aromatic N) is 2. The Kier molecular flexibility index (Phi) is 3.79. The summed E-state index contributed by atoms with van der Waals surface area (Å²) in [7, 11) is 0. The third-order valence-electron chi connectivity index (χ3n) is 3.17. The first-order valence-corrected chi connectivity index (χ1v) is 6.14. The molecule has 0 bridgehead atoms. The highest BCUT2D eigenvalue weighted by Crippen LogP contribution is 2.21. The van der Waals surface area contributed by atoms with E-state index in [4.69, 9.17) is 11.6 Å². The van der Waals surface area contributed by atoms with Gasteiger partial charge in [0, 0.05) is 32.2 Å². The van der Waals surface area contributed by atoms with Gasteiger partial charge in [-0.25, -0.2) is 0 Å². The second-order valence-electron chi connectivity index (χ2n) is 4.27. The number of rotatable bonds is 2. The predicted octanol–water partition coefficient (Wildman–Crippen LogP) is 2.01. The Morgan fingerprint density at radius 1 is 1.38 bits per heavy atom. The van der Waals surface area contributed by atoms with Gasteiger partial charge in [-0.1, -0.05) is 11.6 Å². The molecule has 3 nitrogen and oxygen atoms in total. The second kappa shape index (κ2) is 5.13. The van der Waals surface area contributed by atoms with Crippen LogP contribution in [-0.4, -0.2) is 36.1 Å². The van der Waals surface area contributed by atoms with Crippen molar-refractivity contribution in [3.05, 3.63) is 28.5 Å². The Bertz CT molecular complexity index is 361. The lowest BCUT2D eigenvalue weighted by Gasteiger charge is -2.32. The van der Waals surface area contributed by atoms with E-state index in [0.29, 0.717) is 6.04 Å². The molecule has 88 valence electrons. The van der Waals surface area contributed by atoms with Gasteiger partial charge in [-0.15, -0.1) is 0 Å². The van der Waals surface area contributed by atoms with Crippen LogP contribution in [-0.2, 0) is 0 Å². The van der Waals surface area contributed by atoms with Crippen LogP contribution in [0.3, 0.4) is 0 Å². The molecule has 0 radical (unpaired) electrons. The SMILES string of the molecule is Cc1nc(C(C)N2CCNCC2)ccc1Cl. The predicted molar refractivity (Wildman–Crippen MR) is 66.8 cm³/mol. The molecule has 2 rings (SSSR count). The Morgan fingerprint density at radius 2 is 2.06 bits per heavy atom. The molecular formula is C12H18ClN3. The summed E-state index contributed by atoms with van der Waals surface area (Å²) in [5.74, 6) is 0. The molecule has 1 aliphatic heterocycles. The largest absolute Gasteiger partial charge is 0.314 e. The van der Waals surface area contributed by atoms with E-state index in [-0.39, 0.29) is 0 Å². The van der Waals surface area contributed by atoms with Crippen molar-refractivity contribution in [3.63, 3.8) is 0 Å².